The highest BCUT2D eigenvalue weighted by Gasteiger charge is 2.30. The summed E-state index contributed by atoms with van der Waals surface area (Å²) in [6.45, 7) is 3.58. The Kier molecular flexibility index (Phi) is 7.89. The number of hydrogen-bond acceptors (Lipinski definition) is 6. The van der Waals surface area contributed by atoms with E-state index in [-0.39, 0.29) is 18.8 Å². The van der Waals surface area contributed by atoms with Crippen LogP contribution in [0.3, 0.4) is 0 Å². The van der Waals surface area contributed by atoms with Crippen LogP contribution in [-0.4, -0.2) is 61.0 Å². The molecule has 29 heavy (non-hydrogen) atoms. The van der Waals surface area contributed by atoms with Crippen molar-refractivity contribution >= 4 is 17.8 Å². The van der Waals surface area contributed by atoms with Crippen LogP contribution in [0, 0.1) is 5.92 Å². The van der Waals surface area contributed by atoms with Crippen molar-refractivity contribution in [2.24, 2.45) is 11.7 Å². The minimum Gasteiger partial charge on any atom is -0.480 e. The average Bonchev–Trinajstić information content (AvgIpc) is 3.38. The largest absolute Gasteiger partial charge is 0.480 e. The van der Waals surface area contributed by atoms with Crippen molar-refractivity contribution in [1.29, 1.82) is 0 Å². The fourth-order valence-corrected chi connectivity index (χ4v) is 2.77. The highest BCUT2D eigenvalue weighted by atomic mass is 16.4. The summed E-state index contributed by atoms with van der Waals surface area (Å²) in [6.07, 6.45) is 6.93. The van der Waals surface area contributed by atoms with Crippen LogP contribution < -0.4 is 16.4 Å². The number of carbonyl (C=O) groups is 3. The minimum absolute atomic E-state index is 0.112. The number of nitrogens with one attached hydrogen (secondary N) is 4. The van der Waals surface area contributed by atoms with Gasteiger partial charge in [-0.1, -0.05) is 20.3 Å². The molecule has 0 aliphatic rings. The number of carboxylic acid groups (broad SMARTS) is 1. The van der Waals surface area contributed by atoms with E-state index in [9.17, 15) is 19.5 Å². The van der Waals surface area contributed by atoms with E-state index in [0.717, 1.165) is 0 Å². The molecule has 2 heterocycles. The highest BCUT2D eigenvalue weighted by molar-refractivity contribution is 5.92. The summed E-state index contributed by atoms with van der Waals surface area (Å²) in [5.74, 6) is -2.54. The quantitative estimate of drug-likeness (QED) is 0.287. The third kappa shape index (κ3) is 6.42. The first-order chi connectivity index (χ1) is 13.8. The van der Waals surface area contributed by atoms with Gasteiger partial charge in [0.25, 0.3) is 0 Å². The molecule has 158 valence electrons. The Morgan fingerprint density at radius 2 is 1.66 bits per heavy atom. The van der Waals surface area contributed by atoms with Crippen molar-refractivity contribution in [2.45, 2.75) is 51.2 Å². The molecular formula is C18H27N7O4. The van der Waals surface area contributed by atoms with Gasteiger partial charge in [-0.2, -0.15) is 0 Å². The van der Waals surface area contributed by atoms with Crippen molar-refractivity contribution in [3.05, 3.63) is 36.4 Å². The first-order valence-electron chi connectivity index (χ1n) is 9.35. The molecular weight excluding hydrogens is 378 g/mol. The first kappa shape index (κ1) is 22.1. The van der Waals surface area contributed by atoms with Gasteiger partial charge in [-0.3, -0.25) is 9.59 Å². The molecule has 0 unspecified atom stereocenters. The molecule has 0 saturated carbocycles. The summed E-state index contributed by atoms with van der Waals surface area (Å²) >= 11 is 0. The van der Waals surface area contributed by atoms with Gasteiger partial charge in [0, 0.05) is 36.6 Å². The number of carbonyl (C=O) groups excluding carboxylic acids is 2. The topological polar surface area (TPSA) is 179 Å². The van der Waals surface area contributed by atoms with Gasteiger partial charge in [-0.15, -0.1) is 0 Å². The Morgan fingerprint density at radius 1 is 1.07 bits per heavy atom. The van der Waals surface area contributed by atoms with Gasteiger partial charge < -0.3 is 31.4 Å². The normalized spacial score (nSPS) is 15.1. The van der Waals surface area contributed by atoms with Crippen molar-refractivity contribution in [3.8, 4) is 0 Å². The molecule has 4 atom stereocenters. The van der Waals surface area contributed by atoms with Crippen LogP contribution in [0.5, 0.6) is 0 Å². The zero-order valence-corrected chi connectivity index (χ0v) is 16.4. The average molecular weight is 405 g/mol. The molecule has 0 aliphatic heterocycles. The van der Waals surface area contributed by atoms with Gasteiger partial charge in [0.15, 0.2) is 0 Å². The molecule has 2 amide bonds. The predicted octanol–water partition coefficient (Wildman–Crippen LogP) is -0.654. The van der Waals surface area contributed by atoms with E-state index in [4.69, 9.17) is 5.73 Å². The second-order valence-electron chi connectivity index (χ2n) is 6.94. The standard InChI is InChI=1S/C18H27N7O4/c1-3-10(2)15(18(28)29)25-17(27)14(5-12-7-21-9-23-12)24-16(26)13(19)4-11-6-20-8-22-11/h6-10,13-15H,3-5,19H2,1-2H3,(H,20,22)(H,21,23)(H,24,26)(H,25,27)(H,28,29)/t10-,13-,14-,15-/m0/s1. The van der Waals surface area contributed by atoms with E-state index in [1.54, 1.807) is 13.1 Å². The van der Waals surface area contributed by atoms with Crippen LogP contribution >= 0.6 is 0 Å². The Labute approximate surface area is 167 Å². The van der Waals surface area contributed by atoms with Crippen LogP contribution in [0.4, 0.5) is 0 Å². The van der Waals surface area contributed by atoms with Crippen molar-refractivity contribution in [3.63, 3.8) is 0 Å². The summed E-state index contributed by atoms with van der Waals surface area (Å²) in [7, 11) is 0. The number of aliphatic carboxylic acids is 1. The summed E-state index contributed by atoms with van der Waals surface area (Å²) in [5.41, 5.74) is 7.24. The first-order valence-corrected chi connectivity index (χ1v) is 9.35. The third-order valence-electron chi connectivity index (χ3n) is 4.72. The SMILES string of the molecule is CC[C@H](C)[C@H](NC(=O)[C@H](Cc1cnc[nH]1)NC(=O)[C@@H](N)Cc1cnc[nH]1)C(=O)O. The van der Waals surface area contributed by atoms with Crippen LogP contribution in [0.25, 0.3) is 0 Å². The lowest BCUT2D eigenvalue weighted by Gasteiger charge is -2.25. The lowest BCUT2D eigenvalue weighted by molar-refractivity contribution is -0.143. The lowest BCUT2D eigenvalue weighted by Crippen LogP contribution is -2.56. The molecule has 0 fully saturated rings. The Morgan fingerprint density at radius 3 is 2.14 bits per heavy atom. The molecule has 2 rings (SSSR count). The predicted molar refractivity (Wildman–Crippen MR) is 104 cm³/mol. The molecule has 7 N–H and O–H groups in total. The Bertz CT molecular complexity index is 791. The highest BCUT2D eigenvalue weighted by Crippen LogP contribution is 2.09. The Balaban J connectivity index is 2.09. The molecule has 0 bridgehead atoms. The van der Waals surface area contributed by atoms with Crippen molar-refractivity contribution in [1.82, 2.24) is 30.6 Å². The summed E-state index contributed by atoms with van der Waals surface area (Å²) in [4.78, 5) is 50.4. The van der Waals surface area contributed by atoms with E-state index in [2.05, 4.69) is 30.6 Å². The Hall–Kier alpha value is -3.21. The lowest BCUT2D eigenvalue weighted by atomic mass is 9.98. The third-order valence-corrected chi connectivity index (χ3v) is 4.72. The van der Waals surface area contributed by atoms with E-state index >= 15 is 0 Å². The second kappa shape index (κ2) is 10.4. The number of amides is 2. The van der Waals surface area contributed by atoms with Crippen LogP contribution in [0.15, 0.2) is 25.0 Å². The van der Waals surface area contributed by atoms with Crippen LogP contribution in [0.1, 0.15) is 31.7 Å². The van der Waals surface area contributed by atoms with Gasteiger partial charge in [0.1, 0.15) is 12.1 Å². The van der Waals surface area contributed by atoms with Gasteiger partial charge in [-0.05, 0) is 5.92 Å². The minimum atomic E-state index is -1.13. The van der Waals surface area contributed by atoms with Crippen molar-refractivity contribution < 1.29 is 19.5 Å². The fraction of sp³-hybridized carbons (Fsp3) is 0.500. The maximum Gasteiger partial charge on any atom is 0.326 e. The molecule has 2 aromatic heterocycles. The molecule has 11 heteroatoms. The summed E-state index contributed by atoms with van der Waals surface area (Å²) in [5, 5.41) is 14.6. The van der Waals surface area contributed by atoms with E-state index in [0.29, 0.717) is 17.8 Å². The van der Waals surface area contributed by atoms with Gasteiger partial charge in [0.2, 0.25) is 11.8 Å². The number of nitrogens with zero attached hydrogens (tertiary/aromatic N) is 2. The van der Waals surface area contributed by atoms with E-state index < -0.39 is 35.9 Å². The zero-order chi connectivity index (χ0) is 21.4. The number of rotatable bonds is 11. The number of carboxylic acids is 1. The van der Waals surface area contributed by atoms with Crippen LogP contribution in [-0.2, 0) is 27.2 Å². The maximum atomic E-state index is 12.8. The molecule has 11 nitrogen and oxygen atoms in total. The molecule has 0 saturated heterocycles. The number of aromatic nitrogens is 4. The van der Waals surface area contributed by atoms with Gasteiger partial charge in [0.05, 0.1) is 18.7 Å². The number of imidazole rings is 2. The van der Waals surface area contributed by atoms with Gasteiger partial charge in [-0.25, -0.2) is 14.8 Å². The molecule has 2 aromatic rings. The summed E-state index contributed by atoms with van der Waals surface area (Å²) < 4.78 is 0. The molecule has 0 radical (unpaired) electrons. The summed E-state index contributed by atoms with van der Waals surface area (Å²) in [6, 6.07) is -2.98. The zero-order valence-electron chi connectivity index (χ0n) is 16.4. The second-order valence-corrected chi connectivity index (χ2v) is 6.94. The van der Waals surface area contributed by atoms with Gasteiger partial charge >= 0.3 is 5.97 Å². The fourth-order valence-electron chi connectivity index (χ4n) is 2.77. The molecule has 0 spiro atoms. The number of aromatic amines is 2. The maximum absolute atomic E-state index is 12.8. The van der Waals surface area contributed by atoms with Crippen molar-refractivity contribution in [2.75, 3.05) is 0 Å². The van der Waals surface area contributed by atoms with Crippen LogP contribution in [0.2, 0.25) is 0 Å². The molecule has 0 aliphatic carbocycles. The molecule has 0 aromatic carbocycles. The number of hydrogen-bond donors (Lipinski definition) is 6. The van der Waals surface area contributed by atoms with E-state index in [1.165, 1.54) is 18.9 Å². The number of H-pyrrole nitrogens is 2. The number of nitrogens with two attached hydrogens (primary N) is 1. The smallest absolute Gasteiger partial charge is 0.326 e. The van der Waals surface area contributed by atoms with E-state index in [1.807, 2.05) is 6.92 Å². The monoisotopic (exact) mass is 405 g/mol.